The Hall–Kier alpha value is -1.49. The molecule has 98 valence electrons. The standard InChI is InChI=1S/C13H15F3N2/c1-17-7-3-5-10-8-9-4-2-6-11(12(9)18-10)13(14,15)16/h2,4,6,8,17-18H,3,5,7H2,1H3. The van der Waals surface area contributed by atoms with Crippen LogP contribution in [0.4, 0.5) is 13.2 Å². The summed E-state index contributed by atoms with van der Waals surface area (Å²) in [6.07, 6.45) is -2.68. The van der Waals surface area contributed by atoms with Gasteiger partial charge < -0.3 is 10.3 Å². The molecule has 0 aliphatic rings. The van der Waals surface area contributed by atoms with Gasteiger partial charge in [0.15, 0.2) is 0 Å². The number of halogens is 3. The Morgan fingerprint density at radius 3 is 2.72 bits per heavy atom. The van der Waals surface area contributed by atoms with E-state index < -0.39 is 11.7 Å². The third-order valence-electron chi connectivity index (χ3n) is 2.89. The zero-order chi connectivity index (χ0) is 13.2. The number of benzene rings is 1. The molecule has 0 aliphatic carbocycles. The van der Waals surface area contributed by atoms with Crippen molar-refractivity contribution in [1.29, 1.82) is 0 Å². The van der Waals surface area contributed by atoms with Crippen molar-refractivity contribution >= 4 is 10.9 Å². The van der Waals surface area contributed by atoms with Gasteiger partial charge in [-0.2, -0.15) is 13.2 Å². The molecule has 0 amide bonds. The van der Waals surface area contributed by atoms with Crippen molar-refractivity contribution in [2.45, 2.75) is 19.0 Å². The first kappa shape index (κ1) is 13.0. The largest absolute Gasteiger partial charge is 0.418 e. The lowest BCUT2D eigenvalue weighted by molar-refractivity contribution is -0.136. The summed E-state index contributed by atoms with van der Waals surface area (Å²) < 4.78 is 38.4. The molecule has 2 rings (SSSR count). The van der Waals surface area contributed by atoms with Crippen LogP contribution in [0.3, 0.4) is 0 Å². The molecule has 5 heteroatoms. The normalized spacial score (nSPS) is 12.2. The SMILES string of the molecule is CNCCCc1cc2cccc(C(F)(F)F)c2[nH]1. The molecule has 0 fully saturated rings. The van der Waals surface area contributed by atoms with E-state index in [0.29, 0.717) is 5.39 Å². The Labute approximate surface area is 103 Å². The van der Waals surface area contributed by atoms with Crippen molar-refractivity contribution in [3.63, 3.8) is 0 Å². The van der Waals surface area contributed by atoms with Crippen LogP contribution >= 0.6 is 0 Å². The van der Waals surface area contributed by atoms with E-state index in [1.54, 1.807) is 12.1 Å². The summed E-state index contributed by atoms with van der Waals surface area (Å²) in [5, 5.41) is 3.63. The lowest BCUT2D eigenvalue weighted by atomic mass is 10.1. The number of rotatable bonds is 4. The first-order valence-electron chi connectivity index (χ1n) is 5.85. The molecular weight excluding hydrogens is 241 g/mol. The number of para-hydroxylation sites is 1. The van der Waals surface area contributed by atoms with E-state index in [1.807, 2.05) is 7.05 Å². The number of hydrogen-bond acceptors (Lipinski definition) is 1. The lowest BCUT2D eigenvalue weighted by Crippen LogP contribution is -2.08. The molecular formula is C13H15F3N2. The summed E-state index contributed by atoms with van der Waals surface area (Å²) in [4.78, 5) is 2.88. The molecule has 2 aromatic rings. The summed E-state index contributed by atoms with van der Waals surface area (Å²) in [7, 11) is 1.85. The van der Waals surface area contributed by atoms with Crippen molar-refractivity contribution in [3.8, 4) is 0 Å². The molecule has 1 aromatic carbocycles. The van der Waals surface area contributed by atoms with Crippen LogP contribution in [0.1, 0.15) is 17.7 Å². The van der Waals surface area contributed by atoms with Crippen LogP contribution in [-0.4, -0.2) is 18.6 Å². The van der Waals surface area contributed by atoms with Gasteiger partial charge in [0, 0.05) is 11.1 Å². The first-order valence-corrected chi connectivity index (χ1v) is 5.85. The number of alkyl halides is 3. The highest BCUT2D eigenvalue weighted by atomic mass is 19.4. The van der Waals surface area contributed by atoms with Gasteiger partial charge in [0.1, 0.15) is 0 Å². The summed E-state index contributed by atoms with van der Waals surface area (Å²) in [5.41, 5.74) is 0.432. The zero-order valence-electron chi connectivity index (χ0n) is 10.1. The van der Waals surface area contributed by atoms with Crippen LogP contribution in [0.15, 0.2) is 24.3 Å². The summed E-state index contributed by atoms with van der Waals surface area (Å²) in [6.45, 7) is 0.849. The van der Waals surface area contributed by atoms with Gasteiger partial charge in [-0.3, -0.25) is 0 Å². The molecule has 2 N–H and O–H groups in total. The Kier molecular flexibility index (Phi) is 3.61. The van der Waals surface area contributed by atoms with E-state index in [0.717, 1.165) is 31.1 Å². The molecule has 2 nitrogen and oxygen atoms in total. The van der Waals surface area contributed by atoms with Crippen LogP contribution in [0.25, 0.3) is 10.9 Å². The third kappa shape index (κ3) is 2.67. The van der Waals surface area contributed by atoms with Crippen molar-refractivity contribution in [3.05, 3.63) is 35.5 Å². The number of aromatic amines is 1. The number of H-pyrrole nitrogens is 1. The highest BCUT2D eigenvalue weighted by molar-refractivity contribution is 5.84. The molecule has 18 heavy (non-hydrogen) atoms. The quantitative estimate of drug-likeness (QED) is 0.807. The van der Waals surface area contributed by atoms with Gasteiger partial charge in [0.25, 0.3) is 0 Å². The van der Waals surface area contributed by atoms with Crippen LogP contribution in [-0.2, 0) is 12.6 Å². The Morgan fingerprint density at radius 1 is 1.28 bits per heavy atom. The molecule has 1 aromatic heterocycles. The van der Waals surface area contributed by atoms with E-state index in [4.69, 9.17) is 0 Å². The molecule has 1 heterocycles. The highest BCUT2D eigenvalue weighted by Crippen LogP contribution is 2.34. The van der Waals surface area contributed by atoms with Crippen molar-refractivity contribution in [2.75, 3.05) is 13.6 Å². The van der Waals surface area contributed by atoms with Gasteiger partial charge in [-0.1, -0.05) is 12.1 Å². The van der Waals surface area contributed by atoms with Crippen molar-refractivity contribution < 1.29 is 13.2 Å². The molecule has 0 aliphatic heterocycles. The fourth-order valence-electron chi connectivity index (χ4n) is 2.04. The lowest BCUT2D eigenvalue weighted by Gasteiger charge is -2.07. The molecule has 0 saturated heterocycles. The molecule has 0 radical (unpaired) electrons. The Balaban J connectivity index is 2.33. The maximum atomic E-state index is 12.8. The van der Waals surface area contributed by atoms with E-state index in [1.165, 1.54) is 6.07 Å². The molecule has 0 bridgehead atoms. The monoisotopic (exact) mass is 256 g/mol. The first-order chi connectivity index (χ1) is 8.52. The van der Waals surface area contributed by atoms with Gasteiger partial charge in [-0.05, 0) is 38.6 Å². The minimum atomic E-state index is -4.31. The zero-order valence-corrected chi connectivity index (χ0v) is 10.1. The van der Waals surface area contributed by atoms with Crippen LogP contribution in [0.2, 0.25) is 0 Å². The van der Waals surface area contributed by atoms with Crippen LogP contribution < -0.4 is 5.32 Å². The van der Waals surface area contributed by atoms with Gasteiger partial charge in [-0.15, -0.1) is 0 Å². The van der Waals surface area contributed by atoms with Gasteiger partial charge in [0.05, 0.1) is 11.1 Å². The van der Waals surface area contributed by atoms with Gasteiger partial charge in [0.2, 0.25) is 0 Å². The van der Waals surface area contributed by atoms with Crippen molar-refractivity contribution in [1.82, 2.24) is 10.3 Å². The fraction of sp³-hybridized carbons (Fsp3) is 0.385. The second-order valence-corrected chi connectivity index (χ2v) is 4.27. The van der Waals surface area contributed by atoms with Crippen LogP contribution in [0, 0.1) is 0 Å². The van der Waals surface area contributed by atoms with Crippen molar-refractivity contribution in [2.24, 2.45) is 0 Å². The number of fused-ring (bicyclic) bond motifs is 1. The topological polar surface area (TPSA) is 27.8 Å². The van der Waals surface area contributed by atoms with E-state index in [9.17, 15) is 13.2 Å². The summed E-state index contributed by atoms with van der Waals surface area (Å²) in [5.74, 6) is 0. The molecule has 0 spiro atoms. The average Bonchev–Trinajstić information content (AvgIpc) is 2.70. The predicted octanol–water partition coefficient (Wildman–Crippen LogP) is 3.34. The summed E-state index contributed by atoms with van der Waals surface area (Å²) >= 11 is 0. The van der Waals surface area contributed by atoms with E-state index in [-0.39, 0.29) is 5.52 Å². The predicted molar refractivity (Wildman–Crippen MR) is 65.5 cm³/mol. The molecule has 0 saturated carbocycles. The second-order valence-electron chi connectivity index (χ2n) is 4.27. The van der Waals surface area contributed by atoms with Gasteiger partial charge in [-0.25, -0.2) is 0 Å². The molecule has 0 atom stereocenters. The highest BCUT2D eigenvalue weighted by Gasteiger charge is 2.32. The number of hydrogen-bond donors (Lipinski definition) is 2. The number of aryl methyl sites for hydroxylation is 1. The maximum Gasteiger partial charge on any atom is 0.418 e. The fourth-order valence-corrected chi connectivity index (χ4v) is 2.04. The third-order valence-corrected chi connectivity index (χ3v) is 2.89. The number of nitrogens with one attached hydrogen (secondary N) is 2. The second kappa shape index (κ2) is 5.02. The van der Waals surface area contributed by atoms with E-state index in [2.05, 4.69) is 10.3 Å². The Morgan fingerprint density at radius 2 is 2.06 bits per heavy atom. The molecule has 0 unspecified atom stereocenters. The minimum absolute atomic E-state index is 0.185. The Bertz CT molecular complexity index is 529. The van der Waals surface area contributed by atoms with E-state index >= 15 is 0 Å². The number of aromatic nitrogens is 1. The smallest absolute Gasteiger partial charge is 0.358 e. The minimum Gasteiger partial charge on any atom is -0.358 e. The summed E-state index contributed by atoms with van der Waals surface area (Å²) in [6, 6.07) is 6.04. The maximum absolute atomic E-state index is 12.8. The average molecular weight is 256 g/mol. The van der Waals surface area contributed by atoms with Crippen LogP contribution in [0.5, 0.6) is 0 Å². The van der Waals surface area contributed by atoms with Gasteiger partial charge >= 0.3 is 6.18 Å².